The van der Waals surface area contributed by atoms with E-state index in [-0.39, 0.29) is 5.82 Å². The van der Waals surface area contributed by atoms with Gasteiger partial charge in [-0.25, -0.2) is 4.39 Å². The molecule has 0 bridgehead atoms. The van der Waals surface area contributed by atoms with Crippen LogP contribution in [0.25, 0.3) is 0 Å². The third-order valence-corrected chi connectivity index (χ3v) is 2.83. The van der Waals surface area contributed by atoms with Gasteiger partial charge in [-0.1, -0.05) is 41.8 Å². The number of rotatable bonds is 4. The molecule has 0 heterocycles. The molecule has 0 unspecified atom stereocenters. The van der Waals surface area contributed by atoms with Crippen molar-refractivity contribution >= 4 is 15.9 Å². The molecule has 0 aliphatic carbocycles. The van der Waals surface area contributed by atoms with E-state index >= 15 is 0 Å². The molecule has 0 N–H and O–H groups in total. The van der Waals surface area contributed by atoms with Gasteiger partial charge in [-0.05, 0) is 25.0 Å². The van der Waals surface area contributed by atoms with Crippen molar-refractivity contribution in [2.24, 2.45) is 0 Å². The van der Waals surface area contributed by atoms with Gasteiger partial charge >= 0.3 is 0 Å². The molecule has 0 aromatic heterocycles. The summed E-state index contributed by atoms with van der Waals surface area (Å²) in [5.74, 6) is -0.0921. The van der Waals surface area contributed by atoms with Crippen LogP contribution in [0.4, 0.5) is 4.39 Å². The van der Waals surface area contributed by atoms with Gasteiger partial charge in [0.05, 0.1) is 0 Å². The zero-order valence-electron chi connectivity index (χ0n) is 7.82. The van der Waals surface area contributed by atoms with Crippen LogP contribution in [0.3, 0.4) is 0 Å². The van der Waals surface area contributed by atoms with Crippen molar-refractivity contribution in [2.75, 3.05) is 0 Å². The molecule has 0 saturated carbocycles. The maximum atomic E-state index is 13.2. The molecule has 0 nitrogen and oxygen atoms in total. The summed E-state index contributed by atoms with van der Waals surface area (Å²) in [5.41, 5.74) is 0.816. The predicted octanol–water partition coefficient (Wildman–Crippen LogP) is 4.32. The Morgan fingerprint density at radius 1 is 1.31 bits per heavy atom. The first-order chi connectivity index (χ1) is 6.25. The van der Waals surface area contributed by atoms with Gasteiger partial charge in [-0.15, -0.1) is 0 Å². The molecular weight excluding hydrogens is 231 g/mol. The van der Waals surface area contributed by atoms with Crippen molar-refractivity contribution in [1.29, 1.82) is 0 Å². The van der Waals surface area contributed by atoms with Crippen LogP contribution in [-0.4, -0.2) is 0 Å². The second kappa shape index (κ2) is 5.38. The van der Waals surface area contributed by atoms with Crippen molar-refractivity contribution < 1.29 is 4.39 Å². The average molecular weight is 245 g/mol. The predicted molar refractivity (Wildman–Crippen MR) is 57.3 cm³/mol. The molecule has 1 aromatic carbocycles. The highest BCUT2D eigenvalue weighted by atomic mass is 79.9. The van der Waals surface area contributed by atoms with Crippen molar-refractivity contribution in [3.63, 3.8) is 0 Å². The number of halogens is 2. The molecule has 0 spiro atoms. The molecule has 72 valence electrons. The highest BCUT2D eigenvalue weighted by Gasteiger charge is 2.04. The van der Waals surface area contributed by atoms with Crippen LogP contribution in [0.15, 0.2) is 22.7 Å². The smallest absolute Gasteiger partial charge is 0.127 e. The molecule has 1 rings (SSSR count). The number of unbranched alkanes of at least 4 members (excludes halogenated alkanes) is 2. The Kier molecular flexibility index (Phi) is 4.43. The molecule has 0 saturated heterocycles. The number of hydrogen-bond acceptors (Lipinski definition) is 0. The minimum Gasteiger partial charge on any atom is -0.207 e. The fourth-order valence-corrected chi connectivity index (χ4v) is 1.86. The quantitative estimate of drug-likeness (QED) is 0.693. The summed E-state index contributed by atoms with van der Waals surface area (Å²) in [6.45, 7) is 2.15. The summed E-state index contributed by atoms with van der Waals surface area (Å²) < 4.78 is 14.1. The van der Waals surface area contributed by atoms with Gasteiger partial charge in [0.1, 0.15) is 5.82 Å². The maximum Gasteiger partial charge on any atom is 0.127 e. The van der Waals surface area contributed by atoms with Crippen molar-refractivity contribution in [3.8, 4) is 0 Å². The lowest BCUT2D eigenvalue weighted by Crippen LogP contribution is -1.92. The molecule has 0 amide bonds. The second-order valence-corrected chi connectivity index (χ2v) is 4.01. The first-order valence-corrected chi connectivity index (χ1v) is 5.48. The fourth-order valence-electron chi connectivity index (χ4n) is 1.32. The molecule has 2 heteroatoms. The van der Waals surface area contributed by atoms with Crippen LogP contribution >= 0.6 is 15.9 Å². The Morgan fingerprint density at radius 2 is 2.08 bits per heavy atom. The highest BCUT2D eigenvalue weighted by Crippen LogP contribution is 2.21. The van der Waals surface area contributed by atoms with Crippen LogP contribution in [0.1, 0.15) is 31.7 Å². The van der Waals surface area contributed by atoms with Crippen molar-refractivity contribution in [2.45, 2.75) is 32.6 Å². The van der Waals surface area contributed by atoms with Gasteiger partial charge in [0.25, 0.3) is 0 Å². The molecule has 13 heavy (non-hydrogen) atoms. The van der Waals surface area contributed by atoms with Crippen LogP contribution in [0, 0.1) is 5.82 Å². The van der Waals surface area contributed by atoms with E-state index in [1.165, 1.54) is 18.9 Å². The molecule has 0 aliphatic rings. The van der Waals surface area contributed by atoms with E-state index in [2.05, 4.69) is 22.9 Å². The third kappa shape index (κ3) is 3.11. The first kappa shape index (κ1) is 10.7. The standard InChI is InChI=1S/C11H14BrF/c1-2-3-4-6-9-10(12)7-5-8-11(9)13/h5,7-8H,2-4,6H2,1H3. The van der Waals surface area contributed by atoms with Gasteiger partial charge in [-0.2, -0.15) is 0 Å². The maximum absolute atomic E-state index is 13.2. The highest BCUT2D eigenvalue weighted by molar-refractivity contribution is 9.10. The van der Waals surface area contributed by atoms with E-state index < -0.39 is 0 Å². The zero-order valence-corrected chi connectivity index (χ0v) is 9.40. The summed E-state index contributed by atoms with van der Waals surface area (Å²) in [5, 5.41) is 0. The summed E-state index contributed by atoms with van der Waals surface area (Å²) in [6.07, 6.45) is 4.24. The van der Waals surface area contributed by atoms with Crippen LogP contribution in [-0.2, 0) is 6.42 Å². The Bertz CT molecular complexity index is 251. The van der Waals surface area contributed by atoms with Crippen LogP contribution in [0.5, 0.6) is 0 Å². The van der Waals surface area contributed by atoms with Gasteiger partial charge in [0.2, 0.25) is 0 Å². The summed E-state index contributed by atoms with van der Waals surface area (Å²) >= 11 is 3.36. The summed E-state index contributed by atoms with van der Waals surface area (Å²) in [4.78, 5) is 0. The molecule has 1 aromatic rings. The number of hydrogen-bond donors (Lipinski definition) is 0. The Hall–Kier alpha value is -0.370. The van der Waals surface area contributed by atoms with Crippen LogP contribution in [0.2, 0.25) is 0 Å². The fraction of sp³-hybridized carbons (Fsp3) is 0.455. The lowest BCUT2D eigenvalue weighted by molar-refractivity contribution is 0.597. The zero-order chi connectivity index (χ0) is 9.68. The van der Waals surface area contributed by atoms with E-state index in [9.17, 15) is 4.39 Å². The van der Waals surface area contributed by atoms with Gasteiger partial charge in [0, 0.05) is 10.0 Å². The molecule has 0 radical (unpaired) electrons. The molecule has 0 aliphatic heterocycles. The van der Waals surface area contributed by atoms with Crippen molar-refractivity contribution in [3.05, 3.63) is 34.1 Å². The van der Waals surface area contributed by atoms with Gasteiger partial charge < -0.3 is 0 Å². The minimum absolute atomic E-state index is 0.0921. The van der Waals surface area contributed by atoms with E-state index in [1.54, 1.807) is 6.07 Å². The van der Waals surface area contributed by atoms with Gasteiger partial charge in [0.15, 0.2) is 0 Å². The molecular formula is C11H14BrF. The minimum atomic E-state index is -0.0921. The van der Waals surface area contributed by atoms with E-state index in [0.717, 1.165) is 22.9 Å². The van der Waals surface area contributed by atoms with E-state index in [0.29, 0.717) is 0 Å². The first-order valence-electron chi connectivity index (χ1n) is 4.68. The van der Waals surface area contributed by atoms with Crippen LogP contribution < -0.4 is 0 Å². The lowest BCUT2D eigenvalue weighted by Gasteiger charge is -2.04. The molecule has 0 atom stereocenters. The number of benzene rings is 1. The second-order valence-electron chi connectivity index (χ2n) is 3.16. The van der Waals surface area contributed by atoms with Crippen molar-refractivity contribution in [1.82, 2.24) is 0 Å². The third-order valence-electron chi connectivity index (χ3n) is 2.09. The van der Waals surface area contributed by atoms with E-state index in [1.807, 2.05) is 6.07 Å². The Labute approximate surface area is 87.3 Å². The topological polar surface area (TPSA) is 0 Å². The normalized spacial score (nSPS) is 10.4. The van der Waals surface area contributed by atoms with Gasteiger partial charge in [-0.3, -0.25) is 0 Å². The average Bonchev–Trinajstić information content (AvgIpc) is 2.10. The SMILES string of the molecule is CCCCCc1c(F)cccc1Br. The molecule has 0 fully saturated rings. The Balaban J connectivity index is 2.64. The monoisotopic (exact) mass is 244 g/mol. The largest absolute Gasteiger partial charge is 0.207 e. The summed E-state index contributed by atoms with van der Waals surface area (Å²) in [7, 11) is 0. The Morgan fingerprint density at radius 3 is 2.69 bits per heavy atom. The summed E-state index contributed by atoms with van der Waals surface area (Å²) in [6, 6.07) is 5.14. The lowest BCUT2D eigenvalue weighted by atomic mass is 10.1. The van der Waals surface area contributed by atoms with E-state index in [4.69, 9.17) is 0 Å².